The molecule has 1 fully saturated rings. The van der Waals surface area contributed by atoms with Crippen molar-refractivity contribution >= 4 is 8.07 Å². The number of rotatable bonds is 1. The predicted molar refractivity (Wildman–Crippen MR) is 68.3 cm³/mol. The van der Waals surface area contributed by atoms with Crippen LogP contribution >= 0.6 is 0 Å². The van der Waals surface area contributed by atoms with Crippen LogP contribution < -0.4 is 0 Å². The Hall–Kier alpha value is -0.263. The van der Waals surface area contributed by atoms with E-state index < -0.39 is 13.7 Å². The lowest BCUT2D eigenvalue weighted by Crippen LogP contribution is -2.39. The van der Waals surface area contributed by atoms with Crippen molar-refractivity contribution in [3.63, 3.8) is 0 Å². The van der Waals surface area contributed by atoms with Crippen molar-refractivity contribution in [2.75, 3.05) is 0 Å². The fourth-order valence-electron chi connectivity index (χ4n) is 2.23. The second kappa shape index (κ2) is 4.72. The third kappa shape index (κ3) is 3.66. The smallest absolute Gasteiger partial charge is 0.129 e. The van der Waals surface area contributed by atoms with Crippen molar-refractivity contribution in [2.45, 2.75) is 64.3 Å². The zero-order chi connectivity index (χ0) is 11.5. The largest absolute Gasteiger partial charge is 0.377 e. The van der Waals surface area contributed by atoms with Crippen molar-refractivity contribution in [3.05, 3.63) is 0 Å². The average Bonchev–Trinajstić information content (AvgIpc) is 2.15. The molecule has 86 valence electrons. The first-order valence-electron chi connectivity index (χ1n) is 6.14. The van der Waals surface area contributed by atoms with Gasteiger partial charge < -0.3 is 5.11 Å². The van der Waals surface area contributed by atoms with Gasteiger partial charge in [0, 0.05) is 0 Å². The highest BCUT2D eigenvalue weighted by Gasteiger charge is 2.36. The summed E-state index contributed by atoms with van der Waals surface area (Å²) in [5, 5.41) is 10.5. The van der Waals surface area contributed by atoms with Gasteiger partial charge in [0.15, 0.2) is 0 Å². The van der Waals surface area contributed by atoms with Gasteiger partial charge in [-0.3, -0.25) is 0 Å². The van der Waals surface area contributed by atoms with Gasteiger partial charge in [-0.15, -0.1) is 5.54 Å². The molecule has 15 heavy (non-hydrogen) atoms. The van der Waals surface area contributed by atoms with E-state index in [0.29, 0.717) is 5.92 Å². The Balaban J connectivity index is 2.81. The molecule has 1 aliphatic carbocycles. The van der Waals surface area contributed by atoms with Crippen molar-refractivity contribution < 1.29 is 5.11 Å². The first-order chi connectivity index (χ1) is 6.87. The molecular formula is C13H24OSi. The molecule has 0 saturated heterocycles. The SMILES string of the molecule is CC[C@@H]1CCCC[C@@]1(O)C#C[Si](C)(C)C. The normalized spacial score (nSPS) is 31.9. The van der Waals surface area contributed by atoms with Crippen LogP contribution in [-0.4, -0.2) is 18.8 Å². The summed E-state index contributed by atoms with van der Waals surface area (Å²) < 4.78 is 0. The maximum absolute atomic E-state index is 10.5. The first-order valence-corrected chi connectivity index (χ1v) is 9.64. The van der Waals surface area contributed by atoms with Crippen LogP contribution in [0, 0.1) is 17.4 Å². The molecule has 1 saturated carbocycles. The summed E-state index contributed by atoms with van der Waals surface area (Å²) in [6, 6.07) is 0. The second-order valence-electron chi connectivity index (χ2n) is 5.78. The van der Waals surface area contributed by atoms with Crippen LogP contribution in [-0.2, 0) is 0 Å². The van der Waals surface area contributed by atoms with Gasteiger partial charge in [0.25, 0.3) is 0 Å². The number of hydrogen-bond acceptors (Lipinski definition) is 1. The van der Waals surface area contributed by atoms with Gasteiger partial charge >= 0.3 is 0 Å². The topological polar surface area (TPSA) is 20.2 Å². The van der Waals surface area contributed by atoms with Gasteiger partial charge in [-0.1, -0.05) is 38.9 Å². The summed E-state index contributed by atoms with van der Waals surface area (Å²) in [5.74, 6) is 3.60. The van der Waals surface area contributed by atoms with E-state index in [1.165, 1.54) is 6.42 Å². The first kappa shape index (κ1) is 12.8. The Bertz CT molecular complexity index is 268. The van der Waals surface area contributed by atoms with Crippen LogP contribution in [0.15, 0.2) is 0 Å². The van der Waals surface area contributed by atoms with Gasteiger partial charge in [-0.05, 0) is 31.6 Å². The van der Waals surface area contributed by atoms with E-state index in [0.717, 1.165) is 25.7 Å². The van der Waals surface area contributed by atoms with Crippen molar-refractivity contribution in [3.8, 4) is 11.5 Å². The van der Waals surface area contributed by atoms with Crippen LogP contribution in [0.4, 0.5) is 0 Å². The molecule has 0 heterocycles. The molecule has 0 aromatic heterocycles. The molecule has 2 atom stereocenters. The standard InChI is InChI=1S/C13H24OSi/c1-5-12-8-6-7-9-13(12,14)10-11-15(2,3)4/h12,14H,5-9H2,1-4H3/t12-,13-/m1/s1. The van der Waals surface area contributed by atoms with Gasteiger partial charge in [0.2, 0.25) is 0 Å². The molecular weight excluding hydrogens is 200 g/mol. The van der Waals surface area contributed by atoms with E-state index >= 15 is 0 Å². The zero-order valence-corrected chi connectivity index (χ0v) is 11.6. The predicted octanol–water partition coefficient (Wildman–Crippen LogP) is 3.20. The quantitative estimate of drug-likeness (QED) is 0.536. The summed E-state index contributed by atoms with van der Waals surface area (Å²) in [6.07, 6.45) is 5.47. The molecule has 0 amide bonds. The Morgan fingerprint density at radius 2 is 2.00 bits per heavy atom. The number of aliphatic hydroxyl groups is 1. The van der Waals surface area contributed by atoms with Crippen molar-refractivity contribution in [1.29, 1.82) is 0 Å². The fraction of sp³-hybridized carbons (Fsp3) is 0.846. The minimum atomic E-state index is -1.35. The summed E-state index contributed by atoms with van der Waals surface area (Å²) in [7, 11) is -1.35. The fourth-order valence-corrected chi connectivity index (χ4v) is 2.82. The molecule has 0 aromatic rings. The van der Waals surface area contributed by atoms with Gasteiger partial charge in [0.1, 0.15) is 13.7 Å². The summed E-state index contributed by atoms with van der Waals surface area (Å²) in [5.41, 5.74) is 2.66. The lowest BCUT2D eigenvalue weighted by Gasteiger charge is -2.35. The third-order valence-corrected chi connectivity index (χ3v) is 4.06. The average molecular weight is 224 g/mol. The molecule has 0 aliphatic heterocycles. The highest BCUT2D eigenvalue weighted by molar-refractivity contribution is 6.83. The van der Waals surface area contributed by atoms with Crippen LogP contribution in [0.1, 0.15) is 39.0 Å². The van der Waals surface area contributed by atoms with Crippen LogP contribution in [0.5, 0.6) is 0 Å². The molecule has 0 radical (unpaired) electrons. The molecule has 2 heteroatoms. The minimum Gasteiger partial charge on any atom is -0.377 e. The lowest BCUT2D eigenvalue weighted by atomic mass is 9.75. The summed E-state index contributed by atoms with van der Waals surface area (Å²) >= 11 is 0. The van der Waals surface area contributed by atoms with Gasteiger partial charge in [-0.25, -0.2) is 0 Å². The molecule has 1 N–H and O–H groups in total. The summed E-state index contributed by atoms with van der Waals surface area (Å²) in [6.45, 7) is 8.85. The molecule has 0 unspecified atom stereocenters. The Kier molecular flexibility index (Phi) is 4.03. The van der Waals surface area contributed by atoms with Crippen molar-refractivity contribution in [2.24, 2.45) is 5.92 Å². The molecule has 0 bridgehead atoms. The molecule has 1 rings (SSSR count). The van der Waals surface area contributed by atoms with E-state index in [2.05, 4.69) is 38.0 Å². The minimum absolute atomic E-state index is 0.398. The zero-order valence-electron chi connectivity index (χ0n) is 10.6. The maximum atomic E-state index is 10.5. The molecule has 0 aromatic carbocycles. The highest BCUT2D eigenvalue weighted by atomic mass is 28.3. The van der Waals surface area contributed by atoms with E-state index in [1.807, 2.05) is 0 Å². The molecule has 0 spiro atoms. The maximum Gasteiger partial charge on any atom is 0.129 e. The Morgan fingerprint density at radius 1 is 1.33 bits per heavy atom. The van der Waals surface area contributed by atoms with Crippen LogP contribution in [0.2, 0.25) is 19.6 Å². The summed E-state index contributed by atoms with van der Waals surface area (Å²) in [4.78, 5) is 0. The Morgan fingerprint density at radius 3 is 2.53 bits per heavy atom. The molecule has 1 aliphatic rings. The van der Waals surface area contributed by atoms with Crippen LogP contribution in [0.3, 0.4) is 0 Å². The van der Waals surface area contributed by atoms with E-state index in [4.69, 9.17) is 0 Å². The van der Waals surface area contributed by atoms with Crippen molar-refractivity contribution in [1.82, 2.24) is 0 Å². The second-order valence-corrected chi connectivity index (χ2v) is 10.5. The molecule has 1 nitrogen and oxygen atoms in total. The van der Waals surface area contributed by atoms with E-state index in [9.17, 15) is 5.11 Å². The third-order valence-electron chi connectivity index (χ3n) is 3.18. The van der Waals surface area contributed by atoms with Crippen LogP contribution in [0.25, 0.3) is 0 Å². The Labute approximate surface area is 95.3 Å². The monoisotopic (exact) mass is 224 g/mol. The van der Waals surface area contributed by atoms with E-state index in [-0.39, 0.29) is 0 Å². The highest BCUT2D eigenvalue weighted by Crippen LogP contribution is 2.35. The number of hydrogen-bond donors (Lipinski definition) is 1. The van der Waals surface area contributed by atoms with Gasteiger partial charge in [0.05, 0.1) is 0 Å². The van der Waals surface area contributed by atoms with E-state index in [1.54, 1.807) is 0 Å². The lowest BCUT2D eigenvalue weighted by molar-refractivity contribution is 0.00277. The van der Waals surface area contributed by atoms with Gasteiger partial charge in [-0.2, -0.15) is 0 Å².